The minimum atomic E-state index is -0.0340. The van der Waals surface area contributed by atoms with E-state index in [4.69, 9.17) is 4.74 Å². The van der Waals surface area contributed by atoms with Crippen LogP contribution in [0.1, 0.15) is 70.8 Å². The van der Waals surface area contributed by atoms with Crippen LogP contribution < -0.4 is 4.74 Å². The lowest BCUT2D eigenvalue weighted by Gasteiger charge is -2.26. The van der Waals surface area contributed by atoms with Crippen LogP contribution in [0.25, 0.3) is 0 Å². The summed E-state index contributed by atoms with van der Waals surface area (Å²) >= 11 is 0. The third kappa shape index (κ3) is 5.15. The van der Waals surface area contributed by atoms with Gasteiger partial charge in [-0.3, -0.25) is 4.79 Å². The molecule has 0 bridgehead atoms. The Morgan fingerprint density at radius 3 is 2.32 bits per heavy atom. The van der Waals surface area contributed by atoms with Gasteiger partial charge in [0.1, 0.15) is 5.75 Å². The summed E-state index contributed by atoms with van der Waals surface area (Å²) < 4.78 is 5.56. The summed E-state index contributed by atoms with van der Waals surface area (Å²) in [5.41, 5.74) is 1.33. The van der Waals surface area contributed by atoms with E-state index in [0.717, 1.165) is 25.2 Å². The van der Waals surface area contributed by atoms with Crippen LogP contribution in [0.5, 0.6) is 5.75 Å². The topological polar surface area (TPSA) is 26.3 Å². The van der Waals surface area contributed by atoms with Gasteiger partial charge in [0, 0.05) is 0 Å². The predicted molar refractivity (Wildman–Crippen MR) is 91.0 cm³/mol. The van der Waals surface area contributed by atoms with Gasteiger partial charge in [-0.2, -0.15) is 0 Å². The average molecular weight is 302 g/mol. The summed E-state index contributed by atoms with van der Waals surface area (Å²) in [4.78, 5) is 12.2. The Hall–Kier alpha value is -1.31. The van der Waals surface area contributed by atoms with Crippen molar-refractivity contribution in [1.29, 1.82) is 0 Å². The largest absolute Gasteiger partial charge is 0.426 e. The molecule has 1 aromatic rings. The fourth-order valence-electron chi connectivity index (χ4n) is 3.31. The molecule has 1 aliphatic rings. The van der Waals surface area contributed by atoms with Crippen LogP contribution in [0, 0.1) is 11.8 Å². The summed E-state index contributed by atoms with van der Waals surface area (Å²) in [6.07, 6.45) is 10.4. The maximum Gasteiger partial charge on any atom is 0.314 e. The van der Waals surface area contributed by atoms with E-state index in [1.165, 1.54) is 44.1 Å². The van der Waals surface area contributed by atoms with Crippen molar-refractivity contribution in [2.45, 2.75) is 71.6 Å². The first-order valence-corrected chi connectivity index (χ1v) is 9.03. The fraction of sp³-hybridized carbons (Fsp3) is 0.650. The minimum Gasteiger partial charge on any atom is -0.426 e. The number of benzene rings is 1. The number of hydrogen-bond donors (Lipinski definition) is 0. The Balaban J connectivity index is 1.79. The standard InChI is InChI=1S/C20H30O2/c1-3-5-6-7-17-10-14-19(15-11-17)22-20(21)18-12-8-16(4-2)9-13-18/h10-11,14-16,18H,3-9,12-13H2,1-2H3. The van der Waals surface area contributed by atoms with Crippen molar-refractivity contribution in [3.8, 4) is 5.75 Å². The third-order valence-corrected chi connectivity index (χ3v) is 4.97. The summed E-state index contributed by atoms with van der Waals surface area (Å²) in [6.45, 7) is 4.46. The van der Waals surface area contributed by atoms with Crippen molar-refractivity contribution >= 4 is 5.97 Å². The highest BCUT2D eigenvalue weighted by molar-refractivity contribution is 5.75. The van der Waals surface area contributed by atoms with Gasteiger partial charge in [0.05, 0.1) is 5.92 Å². The van der Waals surface area contributed by atoms with Gasteiger partial charge in [-0.25, -0.2) is 0 Å². The monoisotopic (exact) mass is 302 g/mol. The van der Waals surface area contributed by atoms with Crippen LogP contribution in [-0.4, -0.2) is 5.97 Å². The van der Waals surface area contributed by atoms with Crippen LogP contribution in [0.3, 0.4) is 0 Å². The van der Waals surface area contributed by atoms with E-state index in [0.29, 0.717) is 5.75 Å². The molecule has 0 aromatic heterocycles. The molecule has 1 aliphatic carbocycles. The molecule has 1 aromatic carbocycles. The number of aryl methyl sites for hydroxylation is 1. The molecule has 2 nitrogen and oxygen atoms in total. The molecule has 0 atom stereocenters. The molecule has 2 rings (SSSR count). The Kier molecular flexibility index (Phi) is 6.95. The average Bonchev–Trinajstić information content (AvgIpc) is 2.57. The highest BCUT2D eigenvalue weighted by Gasteiger charge is 2.26. The van der Waals surface area contributed by atoms with Gasteiger partial charge in [-0.15, -0.1) is 0 Å². The molecule has 0 saturated heterocycles. The number of carbonyl (C=O) groups excluding carboxylic acids is 1. The van der Waals surface area contributed by atoms with Gasteiger partial charge in [0.15, 0.2) is 0 Å². The van der Waals surface area contributed by atoms with Crippen LogP contribution >= 0.6 is 0 Å². The van der Waals surface area contributed by atoms with Crippen LogP contribution in [0.4, 0.5) is 0 Å². The first-order valence-electron chi connectivity index (χ1n) is 9.03. The Morgan fingerprint density at radius 2 is 1.73 bits per heavy atom. The number of unbranched alkanes of at least 4 members (excludes halogenated alkanes) is 2. The molecule has 0 unspecified atom stereocenters. The first kappa shape index (κ1) is 17.1. The van der Waals surface area contributed by atoms with Crippen molar-refractivity contribution in [2.75, 3.05) is 0 Å². The van der Waals surface area contributed by atoms with E-state index in [1.54, 1.807) is 0 Å². The molecule has 1 fully saturated rings. The van der Waals surface area contributed by atoms with E-state index >= 15 is 0 Å². The normalized spacial score (nSPS) is 21.5. The first-order chi connectivity index (χ1) is 10.7. The number of rotatable bonds is 7. The highest BCUT2D eigenvalue weighted by Crippen LogP contribution is 2.31. The van der Waals surface area contributed by atoms with E-state index < -0.39 is 0 Å². The maximum absolute atomic E-state index is 12.2. The van der Waals surface area contributed by atoms with Crippen LogP contribution in [0.15, 0.2) is 24.3 Å². The molecule has 0 radical (unpaired) electrons. The van der Waals surface area contributed by atoms with Gasteiger partial charge in [-0.1, -0.05) is 45.2 Å². The zero-order valence-electron chi connectivity index (χ0n) is 14.1. The van der Waals surface area contributed by atoms with E-state index in [2.05, 4.69) is 26.0 Å². The smallest absolute Gasteiger partial charge is 0.314 e. The minimum absolute atomic E-state index is 0.0340. The van der Waals surface area contributed by atoms with Crippen molar-refractivity contribution in [2.24, 2.45) is 11.8 Å². The second-order valence-corrected chi connectivity index (χ2v) is 6.65. The lowest BCUT2D eigenvalue weighted by Crippen LogP contribution is -2.25. The Bertz CT molecular complexity index is 441. The van der Waals surface area contributed by atoms with E-state index in [-0.39, 0.29) is 11.9 Å². The molecule has 22 heavy (non-hydrogen) atoms. The summed E-state index contributed by atoms with van der Waals surface area (Å²) in [5, 5.41) is 0. The lowest BCUT2D eigenvalue weighted by atomic mass is 9.81. The summed E-state index contributed by atoms with van der Waals surface area (Å²) in [6, 6.07) is 8.06. The zero-order valence-corrected chi connectivity index (χ0v) is 14.1. The molecule has 0 N–H and O–H groups in total. The molecule has 0 amide bonds. The van der Waals surface area contributed by atoms with Gasteiger partial charge >= 0.3 is 5.97 Å². The van der Waals surface area contributed by atoms with Gasteiger partial charge in [-0.05, 0) is 62.1 Å². The van der Waals surface area contributed by atoms with Gasteiger partial charge < -0.3 is 4.74 Å². The zero-order chi connectivity index (χ0) is 15.8. The Labute approximate surface area is 135 Å². The molecule has 2 heteroatoms. The maximum atomic E-state index is 12.2. The van der Waals surface area contributed by atoms with Crippen LogP contribution in [0.2, 0.25) is 0 Å². The third-order valence-electron chi connectivity index (χ3n) is 4.97. The molecular formula is C20H30O2. The number of carbonyl (C=O) groups is 1. The van der Waals surface area contributed by atoms with E-state index in [1.807, 2.05) is 12.1 Å². The molecule has 1 saturated carbocycles. The fourth-order valence-corrected chi connectivity index (χ4v) is 3.31. The predicted octanol–water partition coefficient (Wildman–Crippen LogP) is 5.54. The SMILES string of the molecule is CCCCCc1ccc(OC(=O)C2CCC(CC)CC2)cc1. The van der Waals surface area contributed by atoms with Crippen molar-refractivity contribution in [3.63, 3.8) is 0 Å². The second kappa shape index (κ2) is 8.97. The Morgan fingerprint density at radius 1 is 1.05 bits per heavy atom. The molecule has 122 valence electrons. The van der Waals surface area contributed by atoms with Crippen molar-refractivity contribution in [3.05, 3.63) is 29.8 Å². The van der Waals surface area contributed by atoms with Gasteiger partial charge in [0.2, 0.25) is 0 Å². The number of hydrogen-bond acceptors (Lipinski definition) is 2. The van der Waals surface area contributed by atoms with Crippen molar-refractivity contribution < 1.29 is 9.53 Å². The van der Waals surface area contributed by atoms with Crippen molar-refractivity contribution in [1.82, 2.24) is 0 Å². The molecule has 0 aliphatic heterocycles. The van der Waals surface area contributed by atoms with Gasteiger partial charge in [0.25, 0.3) is 0 Å². The second-order valence-electron chi connectivity index (χ2n) is 6.65. The molecule has 0 spiro atoms. The summed E-state index contributed by atoms with van der Waals surface area (Å²) in [5.74, 6) is 1.58. The number of esters is 1. The summed E-state index contributed by atoms with van der Waals surface area (Å²) in [7, 11) is 0. The van der Waals surface area contributed by atoms with E-state index in [9.17, 15) is 4.79 Å². The quantitative estimate of drug-likeness (QED) is 0.375. The lowest BCUT2D eigenvalue weighted by molar-refractivity contribution is -0.140. The molecule has 0 heterocycles. The highest BCUT2D eigenvalue weighted by atomic mass is 16.5. The van der Waals surface area contributed by atoms with Crippen LogP contribution in [-0.2, 0) is 11.2 Å². The molecular weight excluding hydrogens is 272 g/mol. The number of ether oxygens (including phenoxy) is 1.